The summed E-state index contributed by atoms with van der Waals surface area (Å²) in [5.74, 6) is -0.0860. The molecule has 2 rings (SSSR count). The van der Waals surface area contributed by atoms with Crippen molar-refractivity contribution >= 4 is 21.7 Å². The molecule has 0 aromatic heterocycles. The number of nitrogens with one attached hydrogen (secondary N) is 1. The average molecular weight is 314 g/mol. The molecule has 1 fully saturated rings. The van der Waals surface area contributed by atoms with Crippen LogP contribution < -0.4 is 5.32 Å². The second kappa shape index (κ2) is 5.49. The van der Waals surface area contributed by atoms with Crippen LogP contribution in [0.1, 0.15) is 31.7 Å². The standard InChI is InChI=1S/C14H17BrFNO/c1-2-14(6-3-7-17-14)13(18)8-10-4-5-11(16)9-12(10)15/h4-5,9,17H,2-3,6-8H2,1H3. The average Bonchev–Trinajstić information content (AvgIpc) is 2.82. The Hall–Kier alpha value is -0.740. The Kier molecular flexibility index (Phi) is 4.17. The normalized spacial score (nSPS) is 23.3. The van der Waals surface area contributed by atoms with E-state index < -0.39 is 0 Å². The molecule has 1 saturated heterocycles. The van der Waals surface area contributed by atoms with Gasteiger partial charge in [0.15, 0.2) is 5.78 Å². The van der Waals surface area contributed by atoms with Crippen molar-refractivity contribution in [2.24, 2.45) is 0 Å². The zero-order chi connectivity index (χ0) is 13.2. The molecule has 1 heterocycles. The van der Waals surface area contributed by atoms with Crippen molar-refractivity contribution < 1.29 is 9.18 Å². The monoisotopic (exact) mass is 313 g/mol. The van der Waals surface area contributed by atoms with Crippen molar-refractivity contribution in [3.05, 3.63) is 34.1 Å². The predicted octanol–water partition coefficient (Wildman–Crippen LogP) is 3.23. The number of ketones is 1. The van der Waals surface area contributed by atoms with Gasteiger partial charge in [-0.2, -0.15) is 0 Å². The number of Topliss-reactive ketones (excluding diaryl/α,β-unsaturated/α-hetero) is 1. The summed E-state index contributed by atoms with van der Waals surface area (Å²) in [6, 6.07) is 4.48. The van der Waals surface area contributed by atoms with Gasteiger partial charge in [-0.05, 0) is 43.5 Å². The fraction of sp³-hybridized carbons (Fsp3) is 0.500. The Morgan fingerprint density at radius 3 is 2.89 bits per heavy atom. The molecule has 1 aliphatic heterocycles. The number of halogens is 2. The molecule has 0 amide bonds. The van der Waals surface area contributed by atoms with Crippen molar-refractivity contribution in [1.29, 1.82) is 0 Å². The van der Waals surface area contributed by atoms with Crippen LogP contribution in [0.4, 0.5) is 4.39 Å². The summed E-state index contributed by atoms with van der Waals surface area (Å²) in [5, 5.41) is 3.33. The van der Waals surface area contributed by atoms with E-state index in [4.69, 9.17) is 0 Å². The lowest BCUT2D eigenvalue weighted by molar-refractivity contribution is -0.124. The summed E-state index contributed by atoms with van der Waals surface area (Å²) in [5.41, 5.74) is 0.483. The second-order valence-electron chi connectivity index (χ2n) is 4.80. The lowest BCUT2D eigenvalue weighted by Gasteiger charge is -2.26. The molecular weight excluding hydrogens is 297 g/mol. The summed E-state index contributed by atoms with van der Waals surface area (Å²) in [6.07, 6.45) is 3.11. The van der Waals surface area contributed by atoms with Crippen LogP contribution in [0.3, 0.4) is 0 Å². The minimum absolute atomic E-state index is 0.204. The first-order valence-corrected chi connectivity index (χ1v) is 7.09. The van der Waals surface area contributed by atoms with Crippen LogP contribution in [-0.4, -0.2) is 17.9 Å². The molecule has 18 heavy (non-hydrogen) atoms. The molecule has 1 N–H and O–H groups in total. The molecule has 0 radical (unpaired) electrons. The zero-order valence-corrected chi connectivity index (χ0v) is 12.0. The van der Waals surface area contributed by atoms with E-state index >= 15 is 0 Å². The molecule has 0 spiro atoms. The second-order valence-corrected chi connectivity index (χ2v) is 5.66. The Balaban J connectivity index is 2.15. The highest BCUT2D eigenvalue weighted by molar-refractivity contribution is 9.10. The molecule has 1 atom stereocenters. The van der Waals surface area contributed by atoms with Crippen LogP contribution in [0, 0.1) is 5.82 Å². The minimum atomic E-state index is -0.367. The quantitative estimate of drug-likeness (QED) is 0.924. The maximum atomic E-state index is 13.0. The topological polar surface area (TPSA) is 29.1 Å². The fourth-order valence-corrected chi connectivity index (χ4v) is 3.04. The molecule has 0 saturated carbocycles. The van der Waals surface area contributed by atoms with E-state index in [1.54, 1.807) is 6.07 Å². The van der Waals surface area contributed by atoms with Crippen LogP contribution >= 0.6 is 15.9 Å². The van der Waals surface area contributed by atoms with Gasteiger partial charge >= 0.3 is 0 Å². The number of rotatable bonds is 4. The summed E-state index contributed by atoms with van der Waals surface area (Å²) < 4.78 is 13.7. The van der Waals surface area contributed by atoms with E-state index in [2.05, 4.69) is 21.2 Å². The van der Waals surface area contributed by atoms with Crippen LogP contribution in [-0.2, 0) is 11.2 Å². The molecule has 1 aromatic carbocycles. The van der Waals surface area contributed by atoms with Gasteiger partial charge < -0.3 is 5.32 Å². The van der Waals surface area contributed by atoms with Crippen molar-refractivity contribution in [1.82, 2.24) is 5.32 Å². The lowest BCUT2D eigenvalue weighted by Crippen LogP contribution is -2.47. The van der Waals surface area contributed by atoms with E-state index in [-0.39, 0.29) is 17.1 Å². The van der Waals surface area contributed by atoms with Crippen molar-refractivity contribution in [3.63, 3.8) is 0 Å². The van der Waals surface area contributed by atoms with Gasteiger partial charge in [0, 0.05) is 10.9 Å². The first-order valence-electron chi connectivity index (χ1n) is 6.29. The lowest BCUT2D eigenvalue weighted by atomic mass is 9.86. The Morgan fingerprint density at radius 2 is 2.33 bits per heavy atom. The van der Waals surface area contributed by atoms with Crippen LogP contribution in [0.5, 0.6) is 0 Å². The highest BCUT2D eigenvalue weighted by Gasteiger charge is 2.38. The van der Waals surface area contributed by atoms with Gasteiger partial charge in [-0.15, -0.1) is 0 Å². The number of carbonyl (C=O) groups is 1. The van der Waals surface area contributed by atoms with Crippen LogP contribution in [0.2, 0.25) is 0 Å². The number of carbonyl (C=O) groups excluding carboxylic acids is 1. The van der Waals surface area contributed by atoms with Gasteiger partial charge in [0.1, 0.15) is 5.82 Å². The molecule has 2 nitrogen and oxygen atoms in total. The Bertz CT molecular complexity index is 455. The molecule has 0 aliphatic carbocycles. The largest absolute Gasteiger partial charge is 0.305 e. The van der Waals surface area contributed by atoms with E-state index in [0.717, 1.165) is 31.4 Å². The molecule has 1 aliphatic rings. The number of hydrogen-bond acceptors (Lipinski definition) is 2. The Labute approximate surface area is 115 Å². The SMILES string of the molecule is CCC1(C(=O)Cc2ccc(F)cc2Br)CCCN1. The van der Waals surface area contributed by atoms with Gasteiger partial charge in [0.2, 0.25) is 0 Å². The molecule has 4 heteroatoms. The summed E-state index contributed by atoms with van der Waals surface area (Å²) in [7, 11) is 0. The fourth-order valence-electron chi connectivity index (χ4n) is 2.55. The number of hydrogen-bond donors (Lipinski definition) is 1. The molecule has 1 aromatic rings. The molecule has 98 valence electrons. The minimum Gasteiger partial charge on any atom is -0.305 e. The maximum absolute atomic E-state index is 13.0. The van der Waals surface area contributed by atoms with Crippen LogP contribution in [0.25, 0.3) is 0 Å². The van der Waals surface area contributed by atoms with Crippen molar-refractivity contribution in [2.75, 3.05) is 6.54 Å². The highest BCUT2D eigenvalue weighted by Crippen LogP contribution is 2.27. The third-order valence-electron chi connectivity index (χ3n) is 3.75. The van der Waals surface area contributed by atoms with Gasteiger partial charge in [-0.3, -0.25) is 4.79 Å². The first-order chi connectivity index (χ1) is 8.57. The van der Waals surface area contributed by atoms with Gasteiger partial charge in [0.05, 0.1) is 5.54 Å². The van der Waals surface area contributed by atoms with E-state index in [0.29, 0.717) is 10.9 Å². The summed E-state index contributed by atoms with van der Waals surface area (Å²) in [6.45, 7) is 2.94. The first kappa shape index (κ1) is 13.7. The smallest absolute Gasteiger partial charge is 0.157 e. The van der Waals surface area contributed by atoms with E-state index in [1.807, 2.05) is 6.92 Å². The number of benzene rings is 1. The van der Waals surface area contributed by atoms with E-state index in [9.17, 15) is 9.18 Å². The highest BCUT2D eigenvalue weighted by atomic mass is 79.9. The van der Waals surface area contributed by atoms with Crippen molar-refractivity contribution in [3.8, 4) is 0 Å². The van der Waals surface area contributed by atoms with Crippen molar-refractivity contribution in [2.45, 2.75) is 38.1 Å². The van der Waals surface area contributed by atoms with Crippen LogP contribution in [0.15, 0.2) is 22.7 Å². The predicted molar refractivity (Wildman–Crippen MR) is 73.1 cm³/mol. The van der Waals surface area contributed by atoms with Gasteiger partial charge in [-0.1, -0.05) is 28.9 Å². The molecule has 1 unspecified atom stereocenters. The summed E-state index contributed by atoms with van der Waals surface area (Å²) >= 11 is 3.31. The Morgan fingerprint density at radius 1 is 1.56 bits per heavy atom. The molecule has 0 bridgehead atoms. The molecular formula is C14H17BrFNO. The third-order valence-corrected chi connectivity index (χ3v) is 4.49. The van der Waals surface area contributed by atoms with E-state index in [1.165, 1.54) is 12.1 Å². The van der Waals surface area contributed by atoms with Gasteiger partial charge in [-0.25, -0.2) is 4.39 Å². The third kappa shape index (κ3) is 2.64. The van der Waals surface area contributed by atoms with Gasteiger partial charge in [0.25, 0.3) is 0 Å². The zero-order valence-electron chi connectivity index (χ0n) is 10.4. The summed E-state index contributed by atoms with van der Waals surface area (Å²) in [4.78, 5) is 12.4. The maximum Gasteiger partial charge on any atom is 0.157 e.